The molecular weight excluding hydrogens is 356 g/mol. The molecule has 2 rings (SSSR count). The van der Waals surface area contributed by atoms with Crippen molar-refractivity contribution >= 4 is 31.9 Å². The molecule has 4 heteroatoms. The van der Waals surface area contributed by atoms with Crippen molar-refractivity contribution in [3.63, 3.8) is 0 Å². The Labute approximate surface area is 124 Å². The largest absolute Gasteiger partial charge is 0.232 e. The van der Waals surface area contributed by atoms with Crippen LogP contribution in [0.15, 0.2) is 39.4 Å². The minimum atomic E-state index is -0.0697. The Morgan fingerprint density at radius 1 is 1.00 bits per heavy atom. The molecule has 0 aliphatic heterocycles. The molecule has 1 aromatic heterocycles. The van der Waals surface area contributed by atoms with Gasteiger partial charge in [0.15, 0.2) is 0 Å². The van der Waals surface area contributed by atoms with Gasteiger partial charge in [-0.2, -0.15) is 0 Å². The lowest BCUT2D eigenvalue weighted by molar-refractivity contribution is 0.544. The second-order valence-corrected chi connectivity index (χ2v) is 6.80. The molecule has 0 unspecified atom stereocenters. The summed E-state index contributed by atoms with van der Waals surface area (Å²) < 4.78 is 1.85. The maximum Gasteiger partial charge on any atom is 0.135 e. The lowest BCUT2D eigenvalue weighted by Crippen LogP contribution is -2.16. The first-order chi connectivity index (χ1) is 8.38. The molecule has 0 saturated heterocycles. The number of aromatic nitrogens is 2. The standard InChI is InChI=1S/C14H14Br2N2/c1-14(2,3)13-17-11(8-12(16)18-13)9-6-4-5-7-10(9)15/h4-8H,1-3H3. The number of benzene rings is 1. The third-order valence-electron chi connectivity index (χ3n) is 2.52. The molecule has 0 N–H and O–H groups in total. The molecule has 1 heterocycles. The van der Waals surface area contributed by atoms with E-state index in [1.807, 2.05) is 30.3 Å². The molecule has 0 atom stereocenters. The minimum absolute atomic E-state index is 0.0697. The quantitative estimate of drug-likeness (QED) is 0.663. The van der Waals surface area contributed by atoms with Gasteiger partial charge in [-0.15, -0.1) is 0 Å². The average Bonchev–Trinajstić information content (AvgIpc) is 2.27. The van der Waals surface area contributed by atoms with Crippen LogP contribution in [0.1, 0.15) is 26.6 Å². The van der Waals surface area contributed by atoms with Crippen LogP contribution in [0.2, 0.25) is 0 Å². The van der Waals surface area contributed by atoms with E-state index in [0.29, 0.717) is 0 Å². The Hall–Kier alpha value is -0.740. The molecule has 2 aromatic rings. The van der Waals surface area contributed by atoms with Gasteiger partial charge < -0.3 is 0 Å². The van der Waals surface area contributed by atoms with Crippen molar-refractivity contribution in [1.29, 1.82) is 0 Å². The highest BCUT2D eigenvalue weighted by molar-refractivity contribution is 9.10. The third kappa shape index (κ3) is 2.98. The van der Waals surface area contributed by atoms with Crippen molar-refractivity contribution in [3.05, 3.63) is 45.2 Å². The molecule has 18 heavy (non-hydrogen) atoms. The number of halogens is 2. The minimum Gasteiger partial charge on any atom is -0.232 e. The number of hydrogen-bond acceptors (Lipinski definition) is 2. The lowest BCUT2D eigenvalue weighted by atomic mass is 9.95. The van der Waals surface area contributed by atoms with Gasteiger partial charge >= 0.3 is 0 Å². The van der Waals surface area contributed by atoms with Crippen molar-refractivity contribution < 1.29 is 0 Å². The fourth-order valence-electron chi connectivity index (χ4n) is 1.56. The molecule has 2 nitrogen and oxygen atoms in total. The normalized spacial score (nSPS) is 11.6. The van der Waals surface area contributed by atoms with Gasteiger partial charge in [-0.3, -0.25) is 0 Å². The van der Waals surface area contributed by atoms with Crippen molar-refractivity contribution in [1.82, 2.24) is 9.97 Å². The average molecular weight is 370 g/mol. The van der Waals surface area contributed by atoms with Gasteiger partial charge in [0.05, 0.1) is 5.69 Å². The summed E-state index contributed by atoms with van der Waals surface area (Å²) in [5.41, 5.74) is 1.93. The molecule has 0 fully saturated rings. The molecule has 0 radical (unpaired) electrons. The van der Waals surface area contributed by atoms with Crippen LogP contribution in [-0.2, 0) is 5.41 Å². The monoisotopic (exact) mass is 368 g/mol. The van der Waals surface area contributed by atoms with Gasteiger partial charge in [-0.25, -0.2) is 9.97 Å². The van der Waals surface area contributed by atoms with Gasteiger partial charge in [-0.1, -0.05) is 54.9 Å². The first-order valence-corrected chi connectivity index (χ1v) is 7.26. The third-order valence-corrected chi connectivity index (χ3v) is 3.61. The summed E-state index contributed by atoms with van der Waals surface area (Å²) >= 11 is 7.02. The molecule has 0 aliphatic carbocycles. The van der Waals surface area contributed by atoms with Crippen LogP contribution in [0.3, 0.4) is 0 Å². The summed E-state index contributed by atoms with van der Waals surface area (Å²) in [6.45, 7) is 6.33. The van der Waals surface area contributed by atoms with Crippen molar-refractivity contribution in [2.75, 3.05) is 0 Å². The van der Waals surface area contributed by atoms with E-state index in [9.17, 15) is 0 Å². The highest BCUT2D eigenvalue weighted by Gasteiger charge is 2.19. The van der Waals surface area contributed by atoms with Gasteiger partial charge in [0.2, 0.25) is 0 Å². The molecule has 1 aromatic carbocycles. The summed E-state index contributed by atoms with van der Waals surface area (Å²) in [5, 5.41) is 0. The predicted octanol–water partition coefficient (Wildman–Crippen LogP) is 4.97. The predicted molar refractivity (Wildman–Crippen MR) is 81.6 cm³/mol. The maximum absolute atomic E-state index is 4.66. The number of hydrogen-bond donors (Lipinski definition) is 0. The van der Waals surface area contributed by atoms with Gasteiger partial charge in [0.25, 0.3) is 0 Å². The van der Waals surface area contributed by atoms with E-state index in [0.717, 1.165) is 26.2 Å². The first kappa shape index (κ1) is 13.7. The zero-order chi connectivity index (χ0) is 13.3. The fourth-order valence-corrected chi connectivity index (χ4v) is 2.43. The van der Waals surface area contributed by atoms with E-state index < -0.39 is 0 Å². The zero-order valence-electron chi connectivity index (χ0n) is 10.5. The van der Waals surface area contributed by atoms with E-state index in [1.165, 1.54) is 0 Å². The summed E-state index contributed by atoms with van der Waals surface area (Å²) in [6, 6.07) is 10.0. The van der Waals surface area contributed by atoms with Crippen molar-refractivity contribution in [3.8, 4) is 11.3 Å². The maximum atomic E-state index is 4.66. The van der Waals surface area contributed by atoms with E-state index >= 15 is 0 Å². The number of nitrogens with zero attached hydrogens (tertiary/aromatic N) is 2. The summed E-state index contributed by atoms with van der Waals surface area (Å²) in [7, 11) is 0. The highest BCUT2D eigenvalue weighted by Crippen LogP contribution is 2.30. The van der Waals surface area contributed by atoms with Crippen LogP contribution >= 0.6 is 31.9 Å². The summed E-state index contributed by atoms with van der Waals surface area (Å²) in [6.07, 6.45) is 0. The van der Waals surface area contributed by atoms with Crippen LogP contribution in [0.5, 0.6) is 0 Å². The molecule has 0 amide bonds. The molecule has 0 saturated carbocycles. The molecular formula is C14H14Br2N2. The molecule has 0 spiro atoms. The fraction of sp³-hybridized carbons (Fsp3) is 0.286. The molecule has 0 bridgehead atoms. The summed E-state index contributed by atoms with van der Waals surface area (Å²) in [4.78, 5) is 9.12. The molecule has 94 valence electrons. The van der Waals surface area contributed by atoms with E-state index in [4.69, 9.17) is 0 Å². The van der Waals surface area contributed by atoms with E-state index in [2.05, 4.69) is 62.6 Å². The van der Waals surface area contributed by atoms with Crippen LogP contribution in [0, 0.1) is 0 Å². The first-order valence-electron chi connectivity index (χ1n) is 5.68. The van der Waals surface area contributed by atoms with Gasteiger partial charge in [0, 0.05) is 15.5 Å². The lowest BCUT2D eigenvalue weighted by Gasteiger charge is -2.17. The Morgan fingerprint density at radius 2 is 1.67 bits per heavy atom. The summed E-state index contributed by atoms with van der Waals surface area (Å²) in [5.74, 6) is 0.836. The Balaban J connectivity index is 2.60. The Morgan fingerprint density at radius 3 is 2.28 bits per heavy atom. The van der Waals surface area contributed by atoms with Crippen LogP contribution in [0.4, 0.5) is 0 Å². The van der Waals surface area contributed by atoms with Gasteiger partial charge in [-0.05, 0) is 28.1 Å². The Kier molecular flexibility index (Phi) is 3.87. The van der Waals surface area contributed by atoms with Crippen molar-refractivity contribution in [2.24, 2.45) is 0 Å². The SMILES string of the molecule is CC(C)(C)c1nc(Br)cc(-c2ccccc2Br)n1. The molecule has 0 aliphatic rings. The zero-order valence-corrected chi connectivity index (χ0v) is 13.7. The van der Waals surface area contributed by atoms with Crippen LogP contribution < -0.4 is 0 Å². The van der Waals surface area contributed by atoms with Crippen LogP contribution in [0.25, 0.3) is 11.3 Å². The smallest absolute Gasteiger partial charge is 0.135 e. The highest BCUT2D eigenvalue weighted by atomic mass is 79.9. The number of rotatable bonds is 1. The second kappa shape index (κ2) is 5.10. The van der Waals surface area contributed by atoms with Crippen molar-refractivity contribution in [2.45, 2.75) is 26.2 Å². The Bertz CT molecular complexity index is 574. The topological polar surface area (TPSA) is 25.8 Å². The van der Waals surface area contributed by atoms with E-state index in [-0.39, 0.29) is 5.41 Å². The van der Waals surface area contributed by atoms with E-state index in [1.54, 1.807) is 0 Å². The second-order valence-electron chi connectivity index (χ2n) is 5.13. The van der Waals surface area contributed by atoms with Crippen LogP contribution in [-0.4, -0.2) is 9.97 Å². The van der Waals surface area contributed by atoms with Gasteiger partial charge in [0.1, 0.15) is 10.4 Å².